The Morgan fingerprint density at radius 3 is 2.39 bits per heavy atom. The molecule has 0 fully saturated rings. The number of thioether (sulfide) groups is 1. The van der Waals surface area contributed by atoms with Crippen LogP contribution in [0.5, 0.6) is 0 Å². The van der Waals surface area contributed by atoms with Crippen LogP contribution < -0.4 is 0 Å². The maximum atomic E-state index is 13.6. The summed E-state index contributed by atoms with van der Waals surface area (Å²) in [5, 5.41) is 1.12. The van der Waals surface area contributed by atoms with Gasteiger partial charge < -0.3 is 4.98 Å². The highest BCUT2D eigenvalue weighted by Gasteiger charge is 2.39. The first kappa shape index (κ1) is 21.3. The molecule has 0 bridgehead atoms. The van der Waals surface area contributed by atoms with Crippen molar-refractivity contribution in [3.05, 3.63) is 106 Å². The fourth-order valence-corrected chi connectivity index (χ4v) is 5.21. The van der Waals surface area contributed by atoms with E-state index in [2.05, 4.69) is 11.1 Å². The van der Waals surface area contributed by atoms with Crippen molar-refractivity contribution in [3.63, 3.8) is 0 Å². The number of nitrogens with zero attached hydrogens (tertiary/aromatic N) is 1. The van der Waals surface area contributed by atoms with Crippen molar-refractivity contribution in [2.24, 2.45) is 0 Å². The quantitative estimate of drug-likeness (QED) is 0.371. The summed E-state index contributed by atoms with van der Waals surface area (Å²) in [6.07, 6.45) is 2.57. The lowest BCUT2D eigenvalue weighted by Gasteiger charge is -2.15. The minimum absolute atomic E-state index is 0.220. The number of benzene rings is 3. The molecule has 4 aromatic rings. The number of carbonyl (C=O) groups is 2. The van der Waals surface area contributed by atoms with E-state index >= 15 is 0 Å². The molecule has 0 spiro atoms. The number of aromatic nitrogens is 1. The summed E-state index contributed by atoms with van der Waals surface area (Å²) < 4.78 is 0. The minimum atomic E-state index is -0.221. The molecule has 5 rings (SSSR count). The molecular weight excluding hydrogens is 428 g/mol. The molecule has 164 valence electrons. The summed E-state index contributed by atoms with van der Waals surface area (Å²) in [6.45, 7) is 4.41. The van der Waals surface area contributed by atoms with Gasteiger partial charge >= 0.3 is 0 Å². The standard InChI is InChI=1S/C28H24N2O2S/c1-18-12-13-20(16-19(18)2)25-26(33-22-8-4-3-5-9-22)28(32)30(27(25)31)15-14-21-17-29-24-11-7-6-10-23(21)24/h3-13,16-17,29H,14-15H2,1-2H3. The molecule has 1 aliphatic heterocycles. The third-order valence-corrected chi connectivity index (χ3v) is 7.25. The van der Waals surface area contributed by atoms with Gasteiger partial charge in [0.1, 0.15) is 0 Å². The first-order valence-electron chi connectivity index (χ1n) is 11.0. The van der Waals surface area contributed by atoms with Crippen LogP contribution in [-0.2, 0) is 16.0 Å². The predicted molar refractivity (Wildman–Crippen MR) is 134 cm³/mol. The Hall–Kier alpha value is -3.57. The maximum absolute atomic E-state index is 13.6. The highest BCUT2D eigenvalue weighted by Crippen LogP contribution is 2.40. The Kier molecular flexibility index (Phi) is 5.65. The Labute approximate surface area is 197 Å². The lowest BCUT2D eigenvalue weighted by atomic mass is 10.0. The van der Waals surface area contributed by atoms with Crippen molar-refractivity contribution in [1.82, 2.24) is 9.88 Å². The monoisotopic (exact) mass is 452 g/mol. The molecule has 1 N–H and O–H groups in total. The van der Waals surface area contributed by atoms with Gasteiger partial charge in [-0.15, -0.1) is 0 Å². The number of aryl methyl sites for hydroxylation is 2. The Morgan fingerprint density at radius 2 is 1.61 bits per heavy atom. The summed E-state index contributed by atoms with van der Waals surface area (Å²) in [6, 6.07) is 23.8. The van der Waals surface area contributed by atoms with Gasteiger partial charge in [-0.25, -0.2) is 0 Å². The summed E-state index contributed by atoms with van der Waals surface area (Å²) >= 11 is 1.37. The van der Waals surface area contributed by atoms with Gasteiger partial charge in [0.15, 0.2) is 0 Å². The second-order valence-corrected chi connectivity index (χ2v) is 9.37. The smallest absolute Gasteiger partial charge is 0.268 e. The van der Waals surface area contributed by atoms with Crippen LogP contribution in [0, 0.1) is 13.8 Å². The molecular formula is C28H24N2O2S. The molecule has 33 heavy (non-hydrogen) atoms. The molecule has 4 nitrogen and oxygen atoms in total. The number of carbonyl (C=O) groups excluding carboxylic acids is 2. The number of rotatable bonds is 6. The molecule has 0 saturated heterocycles. The van der Waals surface area contributed by atoms with Gasteiger partial charge in [-0.1, -0.05) is 66.4 Å². The zero-order valence-electron chi connectivity index (χ0n) is 18.6. The van der Waals surface area contributed by atoms with E-state index in [-0.39, 0.29) is 11.8 Å². The molecule has 2 amide bonds. The molecule has 3 aromatic carbocycles. The van der Waals surface area contributed by atoms with Crippen LogP contribution in [0.4, 0.5) is 0 Å². The number of imide groups is 1. The molecule has 0 atom stereocenters. The number of aromatic amines is 1. The zero-order valence-corrected chi connectivity index (χ0v) is 19.4. The highest BCUT2D eigenvalue weighted by atomic mass is 32.2. The lowest BCUT2D eigenvalue weighted by Crippen LogP contribution is -2.33. The van der Waals surface area contributed by atoms with E-state index in [4.69, 9.17) is 0 Å². The Balaban J connectivity index is 1.48. The highest BCUT2D eigenvalue weighted by molar-refractivity contribution is 8.04. The van der Waals surface area contributed by atoms with Gasteiger partial charge in [-0.2, -0.15) is 0 Å². The van der Waals surface area contributed by atoms with Crippen LogP contribution in [0.15, 0.2) is 88.8 Å². The summed E-state index contributed by atoms with van der Waals surface area (Å²) in [5.41, 5.74) is 5.70. The number of hydrogen-bond donors (Lipinski definition) is 1. The number of para-hydroxylation sites is 1. The first-order valence-corrected chi connectivity index (χ1v) is 11.8. The predicted octanol–water partition coefficient (Wildman–Crippen LogP) is 5.90. The molecule has 2 heterocycles. The van der Waals surface area contributed by atoms with Crippen LogP contribution >= 0.6 is 11.8 Å². The Bertz CT molecular complexity index is 1400. The number of fused-ring (bicyclic) bond motifs is 1. The molecule has 0 radical (unpaired) electrons. The van der Waals surface area contributed by atoms with Crippen molar-refractivity contribution < 1.29 is 9.59 Å². The van der Waals surface area contributed by atoms with E-state index in [0.29, 0.717) is 23.4 Å². The third kappa shape index (κ3) is 4.00. The number of amides is 2. The summed E-state index contributed by atoms with van der Waals surface area (Å²) in [7, 11) is 0. The number of H-pyrrole nitrogens is 1. The normalized spacial score (nSPS) is 14.1. The van der Waals surface area contributed by atoms with Crippen molar-refractivity contribution in [2.75, 3.05) is 6.54 Å². The minimum Gasteiger partial charge on any atom is -0.361 e. The molecule has 1 aromatic heterocycles. The van der Waals surface area contributed by atoms with Gasteiger partial charge in [-0.3, -0.25) is 14.5 Å². The second-order valence-electron chi connectivity index (χ2n) is 8.29. The van der Waals surface area contributed by atoms with E-state index in [9.17, 15) is 9.59 Å². The van der Waals surface area contributed by atoms with Crippen LogP contribution in [0.25, 0.3) is 16.5 Å². The molecule has 0 saturated carbocycles. The van der Waals surface area contributed by atoms with Crippen LogP contribution in [0.1, 0.15) is 22.3 Å². The molecule has 1 aliphatic rings. The van der Waals surface area contributed by atoms with Crippen molar-refractivity contribution in [3.8, 4) is 0 Å². The van der Waals surface area contributed by atoms with E-state index in [1.807, 2.05) is 86.8 Å². The van der Waals surface area contributed by atoms with Crippen molar-refractivity contribution >= 4 is 40.1 Å². The zero-order chi connectivity index (χ0) is 22.9. The topological polar surface area (TPSA) is 53.2 Å². The van der Waals surface area contributed by atoms with Crippen LogP contribution in [0.2, 0.25) is 0 Å². The van der Waals surface area contributed by atoms with Gasteiger partial charge in [0.25, 0.3) is 11.8 Å². The summed E-state index contributed by atoms with van der Waals surface area (Å²) in [5.74, 6) is -0.441. The maximum Gasteiger partial charge on any atom is 0.268 e. The van der Waals surface area contributed by atoms with Gasteiger partial charge in [0.2, 0.25) is 0 Å². The first-order chi connectivity index (χ1) is 16.0. The average Bonchev–Trinajstić information content (AvgIpc) is 3.34. The average molecular weight is 453 g/mol. The van der Waals surface area contributed by atoms with E-state index < -0.39 is 0 Å². The van der Waals surface area contributed by atoms with Gasteiger partial charge in [0, 0.05) is 28.5 Å². The van der Waals surface area contributed by atoms with Gasteiger partial charge in [0.05, 0.1) is 10.5 Å². The number of nitrogens with one attached hydrogen (secondary N) is 1. The largest absolute Gasteiger partial charge is 0.361 e. The Morgan fingerprint density at radius 1 is 0.848 bits per heavy atom. The van der Waals surface area contributed by atoms with Gasteiger partial charge in [-0.05, 0) is 60.7 Å². The SMILES string of the molecule is Cc1ccc(C2=C(Sc3ccccc3)C(=O)N(CCc3c[nH]c4ccccc34)C2=O)cc1C. The molecule has 0 unspecified atom stereocenters. The second kappa shape index (κ2) is 8.75. The lowest BCUT2D eigenvalue weighted by molar-refractivity contribution is -0.136. The van der Waals surface area contributed by atoms with Crippen molar-refractivity contribution in [2.45, 2.75) is 25.2 Å². The summed E-state index contributed by atoms with van der Waals surface area (Å²) in [4.78, 5) is 33.2. The third-order valence-electron chi connectivity index (χ3n) is 6.16. The van der Waals surface area contributed by atoms with Crippen LogP contribution in [-0.4, -0.2) is 28.2 Å². The van der Waals surface area contributed by atoms with Crippen molar-refractivity contribution in [1.29, 1.82) is 0 Å². The molecule has 5 heteroatoms. The van der Waals surface area contributed by atoms with E-state index in [0.717, 1.165) is 38.1 Å². The fourth-order valence-electron chi connectivity index (χ4n) is 4.18. The fraction of sp³-hybridized carbons (Fsp3) is 0.143. The molecule has 0 aliphatic carbocycles. The number of hydrogen-bond acceptors (Lipinski definition) is 3. The van der Waals surface area contributed by atoms with E-state index in [1.165, 1.54) is 16.7 Å². The van der Waals surface area contributed by atoms with Crippen LogP contribution in [0.3, 0.4) is 0 Å². The van der Waals surface area contributed by atoms with E-state index in [1.54, 1.807) is 0 Å².